The second kappa shape index (κ2) is 10.0. The highest BCUT2D eigenvalue weighted by Crippen LogP contribution is 2.38. The quantitative estimate of drug-likeness (QED) is 0.556. The lowest BCUT2D eigenvalue weighted by Gasteiger charge is -2.28. The van der Waals surface area contributed by atoms with Gasteiger partial charge in [-0.15, -0.1) is 0 Å². The van der Waals surface area contributed by atoms with Crippen molar-refractivity contribution in [3.05, 3.63) is 52.7 Å². The Labute approximate surface area is 195 Å². The molecule has 7 heteroatoms. The third kappa shape index (κ3) is 4.70. The molecule has 0 saturated heterocycles. The molecule has 2 aliphatic rings. The molecule has 1 aliphatic carbocycles. The molecule has 1 fully saturated rings. The zero-order valence-electron chi connectivity index (χ0n) is 19.5. The summed E-state index contributed by atoms with van der Waals surface area (Å²) in [5.74, 6) is 0.403. The highest BCUT2D eigenvalue weighted by atomic mass is 16.5. The van der Waals surface area contributed by atoms with Crippen molar-refractivity contribution in [1.29, 1.82) is 5.26 Å². The maximum atomic E-state index is 12.3. The predicted octanol–water partition coefficient (Wildman–Crippen LogP) is 5.01. The average molecular weight is 447 g/mol. The fourth-order valence-electron chi connectivity index (χ4n) is 4.77. The van der Waals surface area contributed by atoms with E-state index >= 15 is 0 Å². The van der Waals surface area contributed by atoms with Crippen LogP contribution in [0.25, 0.3) is 0 Å². The van der Waals surface area contributed by atoms with Crippen LogP contribution in [0.5, 0.6) is 5.88 Å². The Hall–Kier alpha value is -3.40. The van der Waals surface area contributed by atoms with Crippen LogP contribution in [0, 0.1) is 24.2 Å². The zero-order valence-corrected chi connectivity index (χ0v) is 19.5. The van der Waals surface area contributed by atoms with Crippen LogP contribution in [-0.2, 0) is 4.74 Å². The topological polar surface area (TPSA) is 87.8 Å². The number of ether oxygens (including phenoxy) is 2. The van der Waals surface area contributed by atoms with Crippen LogP contribution in [0.2, 0.25) is 0 Å². The van der Waals surface area contributed by atoms with Gasteiger partial charge >= 0.3 is 5.97 Å². The van der Waals surface area contributed by atoms with Gasteiger partial charge in [-0.05, 0) is 75.4 Å². The number of aromatic nitrogens is 1. The second-order valence-corrected chi connectivity index (χ2v) is 8.52. The summed E-state index contributed by atoms with van der Waals surface area (Å²) in [4.78, 5) is 17.0. The van der Waals surface area contributed by atoms with Crippen LogP contribution in [-0.4, -0.2) is 35.9 Å². The SMILES string of the molecule is CCOC(=O)c1ccc(C2=NN(c3ccc(C#N)c(C)c3)C(C3CCCC3)C2)nc1OCC. The van der Waals surface area contributed by atoms with Crippen LogP contribution < -0.4 is 9.75 Å². The number of benzene rings is 1. The molecule has 4 rings (SSSR count). The molecule has 1 aromatic heterocycles. The summed E-state index contributed by atoms with van der Waals surface area (Å²) in [5, 5.41) is 16.4. The highest BCUT2D eigenvalue weighted by molar-refractivity contribution is 6.02. The van der Waals surface area contributed by atoms with Gasteiger partial charge in [0.25, 0.3) is 0 Å². The van der Waals surface area contributed by atoms with Gasteiger partial charge in [0.15, 0.2) is 0 Å². The highest BCUT2D eigenvalue weighted by Gasteiger charge is 2.37. The van der Waals surface area contributed by atoms with E-state index in [4.69, 9.17) is 14.6 Å². The molecule has 1 saturated carbocycles. The molecular formula is C26H30N4O3. The van der Waals surface area contributed by atoms with E-state index in [9.17, 15) is 10.1 Å². The summed E-state index contributed by atoms with van der Waals surface area (Å²) < 4.78 is 10.8. The van der Waals surface area contributed by atoms with Crippen molar-refractivity contribution in [2.24, 2.45) is 11.0 Å². The third-order valence-electron chi connectivity index (χ3n) is 6.42. The van der Waals surface area contributed by atoms with E-state index in [1.807, 2.05) is 38.1 Å². The average Bonchev–Trinajstić information content (AvgIpc) is 3.49. The Bertz CT molecular complexity index is 1100. The maximum absolute atomic E-state index is 12.3. The van der Waals surface area contributed by atoms with Crippen LogP contribution >= 0.6 is 0 Å². The first-order chi connectivity index (χ1) is 16.0. The van der Waals surface area contributed by atoms with Gasteiger partial charge in [0.1, 0.15) is 5.56 Å². The molecule has 0 radical (unpaired) electrons. The number of nitriles is 1. The number of nitrogens with zero attached hydrogens (tertiary/aromatic N) is 4. The van der Waals surface area contributed by atoms with Crippen molar-refractivity contribution in [2.45, 2.75) is 58.9 Å². The van der Waals surface area contributed by atoms with Crippen LogP contribution in [0.4, 0.5) is 5.69 Å². The van der Waals surface area contributed by atoms with Gasteiger partial charge in [-0.25, -0.2) is 9.78 Å². The summed E-state index contributed by atoms with van der Waals surface area (Å²) in [6, 6.07) is 11.9. The summed E-state index contributed by atoms with van der Waals surface area (Å²) >= 11 is 0. The molecule has 0 bridgehead atoms. The van der Waals surface area contributed by atoms with Gasteiger partial charge in [-0.3, -0.25) is 5.01 Å². The number of rotatable bonds is 7. The molecule has 1 aliphatic heterocycles. The molecule has 33 heavy (non-hydrogen) atoms. The van der Waals surface area contributed by atoms with E-state index in [0.717, 1.165) is 23.4 Å². The minimum Gasteiger partial charge on any atom is -0.477 e. The van der Waals surface area contributed by atoms with Crippen molar-refractivity contribution in [3.63, 3.8) is 0 Å². The van der Waals surface area contributed by atoms with Gasteiger partial charge < -0.3 is 9.47 Å². The smallest absolute Gasteiger partial charge is 0.343 e. The molecule has 0 amide bonds. The van der Waals surface area contributed by atoms with E-state index in [1.165, 1.54) is 25.7 Å². The second-order valence-electron chi connectivity index (χ2n) is 8.52. The number of hydrogen-bond donors (Lipinski definition) is 0. The third-order valence-corrected chi connectivity index (χ3v) is 6.42. The van der Waals surface area contributed by atoms with Gasteiger partial charge in [0.05, 0.1) is 48.0 Å². The monoisotopic (exact) mass is 446 g/mol. The molecular weight excluding hydrogens is 416 g/mol. The summed E-state index contributed by atoms with van der Waals surface area (Å²) in [6.45, 7) is 6.28. The summed E-state index contributed by atoms with van der Waals surface area (Å²) in [5.41, 5.74) is 4.53. The Kier molecular flexibility index (Phi) is 6.93. The molecule has 1 unspecified atom stereocenters. The van der Waals surface area contributed by atoms with Crippen LogP contribution in [0.3, 0.4) is 0 Å². The molecule has 0 spiro atoms. The largest absolute Gasteiger partial charge is 0.477 e. The Morgan fingerprint density at radius 1 is 1.18 bits per heavy atom. The first kappa shape index (κ1) is 22.8. The maximum Gasteiger partial charge on any atom is 0.343 e. The number of hydrazone groups is 1. The summed E-state index contributed by atoms with van der Waals surface area (Å²) in [7, 11) is 0. The predicted molar refractivity (Wildman–Crippen MR) is 127 cm³/mol. The first-order valence-electron chi connectivity index (χ1n) is 11.7. The van der Waals surface area contributed by atoms with Crippen molar-refractivity contribution >= 4 is 17.4 Å². The van der Waals surface area contributed by atoms with E-state index in [2.05, 4.69) is 16.1 Å². The van der Waals surface area contributed by atoms with Crippen molar-refractivity contribution in [3.8, 4) is 11.9 Å². The van der Waals surface area contributed by atoms with Crippen molar-refractivity contribution in [2.75, 3.05) is 18.2 Å². The number of anilines is 1. The minimum absolute atomic E-state index is 0.247. The molecule has 2 aromatic rings. The lowest BCUT2D eigenvalue weighted by atomic mass is 9.92. The normalized spacial score (nSPS) is 18.2. The fraction of sp³-hybridized carbons (Fsp3) is 0.462. The van der Waals surface area contributed by atoms with Gasteiger partial charge in [0, 0.05) is 6.42 Å². The van der Waals surface area contributed by atoms with Crippen molar-refractivity contribution < 1.29 is 14.3 Å². The Morgan fingerprint density at radius 3 is 2.64 bits per heavy atom. The summed E-state index contributed by atoms with van der Waals surface area (Å²) in [6.07, 6.45) is 5.66. The molecule has 1 aromatic carbocycles. The van der Waals surface area contributed by atoms with Crippen molar-refractivity contribution in [1.82, 2.24) is 4.98 Å². The lowest BCUT2D eigenvalue weighted by Crippen LogP contribution is -2.32. The lowest BCUT2D eigenvalue weighted by molar-refractivity contribution is 0.0521. The molecule has 1 atom stereocenters. The Morgan fingerprint density at radius 2 is 1.97 bits per heavy atom. The number of pyridine rings is 1. The van der Waals surface area contributed by atoms with Gasteiger partial charge in [-0.1, -0.05) is 12.8 Å². The zero-order chi connectivity index (χ0) is 23.4. The first-order valence-corrected chi connectivity index (χ1v) is 11.7. The van der Waals surface area contributed by atoms with Crippen LogP contribution in [0.1, 0.15) is 73.1 Å². The Balaban J connectivity index is 1.70. The number of esters is 1. The van der Waals surface area contributed by atoms with E-state index in [-0.39, 0.29) is 11.9 Å². The van der Waals surface area contributed by atoms with E-state index in [1.54, 1.807) is 13.0 Å². The number of hydrogen-bond acceptors (Lipinski definition) is 7. The van der Waals surface area contributed by atoms with Crippen LogP contribution in [0.15, 0.2) is 35.4 Å². The number of aryl methyl sites for hydroxylation is 1. The number of carbonyl (C=O) groups excluding carboxylic acids is 1. The molecule has 7 nitrogen and oxygen atoms in total. The van der Waals surface area contributed by atoms with Gasteiger partial charge in [0.2, 0.25) is 5.88 Å². The fourth-order valence-corrected chi connectivity index (χ4v) is 4.77. The van der Waals surface area contributed by atoms with E-state index < -0.39 is 5.97 Å². The van der Waals surface area contributed by atoms with Gasteiger partial charge in [-0.2, -0.15) is 10.4 Å². The van der Waals surface area contributed by atoms with E-state index in [0.29, 0.717) is 36.0 Å². The molecule has 0 N–H and O–H groups in total. The minimum atomic E-state index is -0.438. The molecule has 2 heterocycles. The number of carbonyl (C=O) groups is 1. The standard InChI is InChI=1S/C26H30N4O3/c1-4-32-25-21(26(31)33-5-2)12-13-22(28-25)23-15-24(18-8-6-7-9-18)30(29-23)20-11-10-19(16-27)17(3)14-20/h10-14,18,24H,4-9,15H2,1-3H3. The molecule has 172 valence electrons.